The molecule has 0 radical (unpaired) electrons. The van der Waals surface area contributed by atoms with Crippen molar-refractivity contribution in [1.82, 2.24) is 5.32 Å². The number of ether oxygens (including phenoxy) is 1. The molecule has 1 amide bonds. The summed E-state index contributed by atoms with van der Waals surface area (Å²) in [6, 6.07) is 6.05. The predicted molar refractivity (Wildman–Crippen MR) is 78.2 cm³/mol. The summed E-state index contributed by atoms with van der Waals surface area (Å²) in [6.07, 6.45) is 0.452. The molecule has 1 aromatic carbocycles. The van der Waals surface area contributed by atoms with Crippen molar-refractivity contribution in [3.8, 4) is 0 Å². The van der Waals surface area contributed by atoms with Crippen LogP contribution in [0.25, 0.3) is 0 Å². The third kappa shape index (κ3) is 4.57. The lowest BCUT2D eigenvalue weighted by atomic mass is 10.1. The van der Waals surface area contributed by atoms with Crippen molar-refractivity contribution < 1.29 is 14.3 Å². The summed E-state index contributed by atoms with van der Waals surface area (Å²) in [5.41, 5.74) is 5.89. The minimum absolute atomic E-state index is 0.356. The number of nitrogens with two attached hydrogens (primary N) is 1. The number of hydrogen-bond donors (Lipinski definition) is 2. The molecule has 0 spiro atoms. The minimum Gasteiger partial charge on any atom is -0.458 e. The highest BCUT2D eigenvalue weighted by Crippen LogP contribution is 2.13. The maximum absolute atomic E-state index is 12.1. The van der Waals surface area contributed by atoms with Crippen LogP contribution >= 0.6 is 0 Å². The van der Waals surface area contributed by atoms with E-state index in [0.717, 1.165) is 0 Å². The van der Waals surface area contributed by atoms with Gasteiger partial charge in [-0.05, 0) is 39.3 Å². The number of carbonyl (C=O) groups excluding carboxylic acids is 2. The largest absolute Gasteiger partial charge is 0.458 e. The zero-order valence-electron chi connectivity index (χ0n) is 12.4. The first-order chi connectivity index (χ1) is 9.24. The Labute approximate surface area is 119 Å². The highest BCUT2D eigenvalue weighted by atomic mass is 16.6. The molecule has 0 heterocycles. The van der Waals surface area contributed by atoms with E-state index in [1.807, 2.05) is 6.92 Å². The molecule has 3 N–H and O–H groups in total. The van der Waals surface area contributed by atoms with Crippen LogP contribution in [0.15, 0.2) is 24.3 Å². The van der Waals surface area contributed by atoms with Crippen molar-refractivity contribution in [3.05, 3.63) is 29.8 Å². The fourth-order valence-electron chi connectivity index (χ4n) is 1.64. The van der Waals surface area contributed by atoms with Gasteiger partial charge in [0.05, 0.1) is 5.56 Å². The average molecular weight is 278 g/mol. The molecule has 0 aliphatic heterocycles. The molecular weight excluding hydrogens is 256 g/mol. The molecule has 1 rings (SSSR count). The molecular formula is C15H22N2O3. The maximum Gasteiger partial charge on any atom is 0.329 e. The number of para-hydroxylation sites is 1. The van der Waals surface area contributed by atoms with E-state index < -0.39 is 17.6 Å². The molecule has 0 fully saturated rings. The molecule has 0 saturated heterocycles. The lowest BCUT2D eigenvalue weighted by Gasteiger charge is -2.24. The number of carbonyl (C=O) groups is 2. The molecule has 1 atom stereocenters. The summed E-state index contributed by atoms with van der Waals surface area (Å²) >= 11 is 0. The number of nitrogen functional groups attached to an aromatic ring is 1. The summed E-state index contributed by atoms with van der Waals surface area (Å²) in [7, 11) is 0. The lowest BCUT2D eigenvalue weighted by Crippen LogP contribution is -2.43. The Bertz CT molecular complexity index is 492. The van der Waals surface area contributed by atoms with Crippen LogP contribution < -0.4 is 11.1 Å². The third-order valence-corrected chi connectivity index (χ3v) is 2.61. The monoisotopic (exact) mass is 278 g/mol. The summed E-state index contributed by atoms with van der Waals surface area (Å²) < 4.78 is 5.27. The SMILES string of the molecule is CCC(NC(=O)c1ccccc1N)C(=O)OC(C)(C)C. The first kappa shape index (κ1) is 16.0. The third-order valence-electron chi connectivity index (χ3n) is 2.61. The van der Waals surface area contributed by atoms with Crippen molar-refractivity contribution in [2.45, 2.75) is 45.8 Å². The number of anilines is 1. The van der Waals surface area contributed by atoms with Gasteiger partial charge in [-0.15, -0.1) is 0 Å². The summed E-state index contributed by atoms with van der Waals surface area (Å²) in [6.45, 7) is 7.17. The highest BCUT2D eigenvalue weighted by Gasteiger charge is 2.25. The van der Waals surface area contributed by atoms with E-state index in [2.05, 4.69) is 5.32 Å². The molecule has 5 heteroatoms. The molecule has 110 valence electrons. The standard InChI is InChI=1S/C15H22N2O3/c1-5-12(14(19)20-15(2,3)4)17-13(18)10-8-6-7-9-11(10)16/h6-9,12H,5,16H2,1-4H3,(H,17,18). The van der Waals surface area contributed by atoms with E-state index in [0.29, 0.717) is 17.7 Å². The summed E-state index contributed by atoms with van der Waals surface area (Å²) in [5.74, 6) is -0.816. The normalized spacial score (nSPS) is 12.6. The number of esters is 1. The topological polar surface area (TPSA) is 81.4 Å². The Morgan fingerprint density at radius 3 is 2.40 bits per heavy atom. The van der Waals surface area contributed by atoms with Crippen molar-refractivity contribution >= 4 is 17.6 Å². The Balaban J connectivity index is 2.77. The smallest absolute Gasteiger partial charge is 0.329 e. The van der Waals surface area contributed by atoms with Gasteiger partial charge in [-0.25, -0.2) is 4.79 Å². The number of rotatable bonds is 4. The van der Waals surface area contributed by atoms with Crippen LogP contribution in [-0.2, 0) is 9.53 Å². The van der Waals surface area contributed by atoms with Gasteiger partial charge in [0.25, 0.3) is 5.91 Å². The van der Waals surface area contributed by atoms with Gasteiger partial charge in [-0.2, -0.15) is 0 Å². The fourth-order valence-corrected chi connectivity index (χ4v) is 1.64. The predicted octanol–water partition coefficient (Wildman–Crippen LogP) is 2.12. The maximum atomic E-state index is 12.1. The molecule has 0 aromatic heterocycles. The molecule has 0 saturated carbocycles. The average Bonchev–Trinajstić information content (AvgIpc) is 2.33. The quantitative estimate of drug-likeness (QED) is 0.653. The zero-order valence-corrected chi connectivity index (χ0v) is 12.4. The number of amides is 1. The van der Waals surface area contributed by atoms with Crippen molar-refractivity contribution in [3.63, 3.8) is 0 Å². The lowest BCUT2D eigenvalue weighted by molar-refractivity contribution is -0.157. The number of benzene rings is 1. The molecule has 0 aliphatic carbocycles. The Kier molecular flexibility index (Phi) is 5.13. The zero-order chi connectivity index (χ0) is 15.3. The van der Waals surface area contributed by atoms with E-state index in [9.17, 15) is 9.59 Å². The van der Waals surface area contributed by atoms with Crippen LogP contribution in [0.2, 0.25) is 0 Å². The Morgan fingerprint density at radius 2 is 1.90 bits per heavy atom. The van der Waals surface area contributed by atoms with Crippen molar-refractivity contribution in [1.29, 1.82) is 0 Å². The van der Waals surface area contributed by atoms with Crippen LogP contribution in [0.3, 0.4) is 0 Å². The molecule has 0 aliphatic rings. The van der Waals surface area contributed by atoms with E-state index in [1.165, 1.54) is 0 Å². The van der Waals surface area contributed by atoms with Crippen LogP contribution in [0.1, 0.15) is 44.5 Å². The first-order valence-electron chi connectivity index (χ1n) is 6.63. The van der Waals surface area contributed by atoms with Gasteiger partial charge in [0.1, 0.15) is 11.6 Å². The molecule has 20 heavy (non-hydrogen) atoms. The van der Waals surface area contributed by atoms with Gasteiger partial charge in [-0.1, -0.05) is 19.1 Å². The van der Waals surface area contributed by atoms with E-state index in [-0.39, 0.29) is 5.91 Å². The summed E-state index contributed by atoms with van der Waals surface area (Å²) in [5, 5.41) is 2.65. The van der Waals surface area contributed by atoms with E-state index in [4.69, 9.17) is 10.5 Å². The fraction of sp³-hybridized carbons (Fsp3) is 0.467. The van der Waals surface area contributed by atoms with Crippen molar-refractivity contribution in [2.75, 3.05) is 5.73 Å². The number of nitrogens with one attached hydrogen (secondary N) is 1. The summed E-state index contributed by atoms with van der Waals surface area (Å²) in [4.78, 5) is 24.1. The van der Waals surface area contributed by atoms with Crippen LogP contribution in [0.5, 0.6) is 0 Å². The molecule has 5 nitrogen and oxygen atoms in total. The van der Waals surface area contributed by atoms with Gasteiger partial charge < -0.3 is 15.8 Å². The molecule has 1 aromatic rings. The van der Waals surface area contributed by atoms with Crippen LogP contribution in [0.4, 0.5) is 5.69 Å². The van der Waals surface area contributed by atoms with Gasteiger partial charge in [-0.3, -0.25) is 4.79 Å². The van der Waals surface area contributed by atoms with Gasteiger partial charge in [0.2, 0.25) is 0 Å². The van der Waals surface area contributed by atoms with Crippen LogP contribution in [-0.4, -0.2) is 23.5 Å². The second kappa shape index (κ2) is 6.41. The van der Waals surface area contributed by atoms with E-state index >= 15 is 0 Å². The first-order valence-corrected chi connectivity index (χ1v) is 6.63. The minimum atomic E-state index is -0.679. The van der Waals surface area contributed by atoms with E-state index in [1.54, 1.807) is 45.0 Å². The van der Waals surface area contributed by atoms with Gasteiger partial charge >= 0.3 is 5.97 Å². The van der Waals surface area contributed by atoms with Crippen molar-refractivity contribution in [2.24, 2.45) is 0 Å². The van der Waals surface area contributed by atoms with Gasteiger partial charge in [0.15, 0.2) is 0 Å². The second-order valence-corrected chi connectivity index (χ2v) is 5.56. The van der Waals surface area contributed by atoms with Crippen LogP contribution in [0, 0.1) is 0 Å². The highest BCUT2D eigenvalue weighted by molar-refractivity contribution is 6.00. The number of hydrogen-bond acceptors (Lipinski definition) is 4. The second-order valence-electron chi connectivity index (χ2n) is 5.56. The Morgan fingerprint density at radius 1 is 1.30 bits per heavy atom. The van der Waals surface area contributed by atoms with Gasteiger partial charge in [0, 0.05) is 5.69 Å². The molecule has 0 bridgehead atoms. The molecule has 1 unspecified atom stereocenters. The Hall–Kier alpha value is -2.04.